The van der Waals surface area contributed by atoms with Crippen LogP contribution < -0.4 is 11.1 Å². The van der Waals surface area contributed by atoms with Crippen LogP contribution in [-0.4, -0.2) is 17.1 Å². The second-order valence-corrected chi connectivity index (χ2v) is 4.03. The van der Waals surface area contributed by atoms with Crippen LogP contribution in [0.1, 0.15) is 31.4 Å². The molecule has 2 rings (SSSR count). The molecule has 1 aliphatic carbocycles. The molecule has 0 spiro atoms. The van der Waals surface area contributed by atoms with Crippen molar-refractivity contribution < 1.29 is 4.42 Å². The minimum absolute atomic E-state index is 0.388. The Labute approximate surface area is 83.9 Å². The van der Waals surface area contributed by atoms with E-state index in [1.54, 1.807) is 6.20 Å². The van der Waals surface area contributed by atoms with E-state index in [9.17, 15) is 0 Å². The molecule has 0 aliphatic heterocycles. The topological polar surface area (TPSA) is 64.1 Å². The zero-order valence-electron chi connectivity index (χ0n) is 8.49. The zero-order valence-corrected chi connectivity index (χ0v) is 8.49. The zero-order chi connectivity index (χ0) is 9.97. The van der Waals surface area contributed by atoms with Crippen molar-refractivity contribution in [2.45, 2.75) is 44.7 Å². The van der Waals surface area contributed by atoms with Crippen LogP contribution in [0.2, 0.25) is 0 Å². The summed E-state index contributed by atoms with van der Waals surface area (Å²) >= 11 is 0. The summed E-state index contributed by atoms with van der Waals surface area (Å²) in [6.45, 7) is 1.90. The van der Waals surface area contributed by atoms with Crippen molar-refractivity contribution in [3.63, 3.8) is 0 Å². The predicted molar refractivity (Wildman–Crippen MR) is 55.1 cm³/mol. The first-order chi connectivity index (χ1) is 6.74. The van der Waals surface area contributed by atoms with Crippen molar-refractivity contribution in [1.82, 2.24) is 4.98 Å². The molecule has 1 aliphatic rings. The van der Waals surface area contributed by atoms with Crippen LogP contribution in [0.15, 0.2) is 10.6 Å². The third-order valence-corrected chi connectivity index (χ3v) is 2.72. The lowest BCUT2D eigenvalue weighted by atomic mass is 9.92. The Kier molecular flexibility index (Phi) is 2.72. The number of anilines is 1. The molecule has 0 unspecified atom stereocenters. The Morgan fingerprint density at radius 1 is 1.43 bits per heavy atom. The summed E-state index contributed by atoms with van der Waals surface area (Å²) in [5.41, 5.74) is 5.83. The van der Waals surface area contributed by atoms with Gasteiger partial charge in [-0.25, -0.2) is 4.98 Å². The highest BCUT2D eigenvalue weighted by atomic mass is 16.4. The van der Waals surface area contributed by atoms with Crippen LogP contribution in [0.3, 0.4) is 0 Å². The van der Waals surface area contributed by atoms with Crippen molar-refractivity contribution in [2.75, 3.05) is 5.32 Å². The largest absolute Gasteiger partial charge is 0.429 e. The van der Waals surface area contributed by atoms with Gasteiger partial charge in [-0.3, -0.25) is 0 Å². The molecule has 0 bridgehead atoms. The van der Waals surface area contributed by atoms with E-state index in [-0.39, 0.29) is 0 Å². The van der Waals surface area contributed by atoms with Gasteiger partial charge in [0.1, 0.15) is 5.76 Å². The molecule has 78 valence electrons. The van der Waals surface area contributed by atoms with Gasteiger partial charge < -0.3 is 15.5 Å². The molecule has 1 aromatic heterocycles. The minimum Gasteiger partial charge on any atom is -0.429 e. The van der Waals surface area contributed by atoms with Gasteiger partial charge in [0.05, 0.1) is 6.20 Å². The summed E-state index contributed by atoms with van der Waals surface area (Å²) in [5.74, 6) is 0.847. The van der Waals surface area contributed by atoms with Crippen molar-refractivity contribution in [1.29, 1.82) is 0 Å². The Morgan fingerprint density at radius 3 is 2.71 bits per heavy atom. The quantitative estimate of drug-likeness (QED) is 0.753. The summed E-state index contributed by atoms with van der Waals surface area (Å²) < 4.78 is 5.36. The third-order valence-electron chi connectivity index (χ3n) is 2.72. The molecule has 0 amide bonds. The van der Waals surface area contributed by atoms with E-state index in [1.807, 2.05) is 6.92 Å². The number of aryl methyl sites for hydroxylation is 1. The van der Waals surface area contributed by atoms with Crippen molar-refractivity contribution in [2.24, 2.45) is 5.73 Å². The van der Waals surface area contributed by atoms with Crippen LogP contribution >= 0.6 is 0 Å². The van der Waals surface area contributed by atoms with Gasteiger partial charge in [0.2, 0.25) is 0 Å². The van der Waals surface area contributed by atoms with Gasteiger partial charge in [0.25, 0.3) is 6.01 Å². The van der Waals surface area contributed by atoms with Gasteiger partial charge in [-0.1, -0.05) is 0 Å². The second kappa shape index (κ2) is 4.00. The highest BCUT2D eigenvalue weighted by Gasteiger charge is 2.19. The molecule has 1 aromatic rings. The predicted octanol–water partition coefficient (Wildman–Crippen LogP) is 1.66. The summed E-state index contributed by atoms with van der Waals surface area (Å²) in [7, 11) is 0. The van der Waals surface area contributed by atoms with Gasteiger partial charge in [-0.05, 0) is 32.6 Å². The fourth-order valence-electron chi connectivity index (χ4n) is 1.86. The number of hydrogen-bond acceptors (Lipinski definition) is 4. The van der Waals surface area contributed by atoms with Gasteiger partial charge in [0, 0.05) is 12.1 Å². The normalized spacial score (nSPS) is 27.6. The van der Waals surface area contributed by atoms with Gasteiger partial charge in [0.15, 0.2) is 0 Å². The van der Waals surface area contributed by atoms with E-state index in [1.165, 1.54) is 0 Å². The van der Waals surface area contributed by atoms with E-state index in [0.29, 0.717) is 18.1 Å². The van der Waals surface area contributed by atoms with Gasteiger partial charge >= 0.3 is 0 Å². The van der Waals surface area contributed by atoms with Crippen LogP contribution in [0.4, 0.5) is 6.01 Å². The maximum absolute atomic E-state index is 5.83. The minimum atomic E-state index is 0.388. The van der Waals surface area contributed by atoms with Gasteiger partial charge in [-0.2, -0.15) is 0 Å². The van der Waals surface area contributed by atoms with E-state index in [2.05, 4.69) is 10.3 Å². The molecule has 1 heterocycles. The molecule has 0 aromatic carbocycles. The first kappa shape index (κ1) is 9.52. The Hall–Kier alpha value is -1.03. The van der Waals surface area contributed by atoms with E-state index < -0.39 is 0 Å². The first-order valence-corrected chi connectivity index (χ1v) is 5.18. The lowest BCUT2D eigenvalue weighted by Gasteiger charge is -2.26. The SMILES string of the molecule is Cc1cnc(NC2CCC(N)CC2)o1. The molecular formula is C10H17N3O. The third kappa shape index (κ3) is 2.26. The Balaban J connectivity index is 1.86. The smallest absolute Gasteiger partial charge is 0.294 e. The highest BCUT2D eigenvalue weighted by Crippen LogP contribution is 2.20. The number of nitrogens with two attached hydrogens (primary N) is 1. The monoisotopic (exact) mass is 195 g/mol. The number of rotatable bonds is 2. The number of nitrogens with zero attached hydrogens (tertiary/aromatic N) is 1. The molecule has 4 nitrogen and oxygen atoms in total. The maximum Gasteiger partial charge on any atom is 0.294 e. The summed E-state index contributed by atoms with van der Waals surface area (Å²) in [4.78, 5) is 4.12. The standard InChI is InChI=1S/C10H17N3O/c1-7-6-12-10(14-7)13-9-4-2-8(11)3-5-9/h6,8-9H,2-5,11H2,1H3,(H,12,13). The molecule has 4 heteroatoms. The molecule has 3 N–H and O–H groups in total. The molecule has 1 saturated carbocycles. The van der Waals surface area contributed by atoms with E-state index >= 15 is 0 Å². The molecule has 0 atom stereocenters. The molecule has 14 heavy (non-hydrogen) atoms. The lowest BCUT2D eigenvalue weighted by molar-refractivity contribution is 0.402. The summed E-state index contributed by atoms with van der Waals surface area (Å²) in [5, 5.41) is 3.29. The van der Waals surface area contributed by atoms with E-state index in [4.69, 9.17) is 10.2 Å². The van der Waals surface area contributed by atoms with Crippen molar-refractivity contribution in [3.05, 3.63) is 12.0 Å². The fraction of sp³-hybridized carbons (Fsp3) is 0.700. The van der Waals surface area contributed by atoms with E-state index in [0.717, 1.165) is 31.4 Å². The van der Waals surface area contributed by atoms with Crippen LogP contribution in [0.5, 0.6) is 0 Å². The molecule has 1 fully saturated rings. The van der Waals surface area contributed by atoms with Crippen LogP contribution in [0.25, 0.3) is 0 Å². The lowest BCUT2D eigenvalue weighted by Crippen LogP contribution is -2.32. The van der Waals surface area contributed by atoms with Crippen molar-refractivity contribution in [3.8, 4) is 0 Å². The number of oxazole rings is 1. The summed E-state index contributed by atoms with van der Waals surface area (Å²) in [6, 6.07) is 1.51. The van der Waals surface area contributed by atoms with Crippen LogP contribution in [0, 0.1) is 6.92 Å². The maximum atomic E-state index is 5.83. The molecule has 0 saturated heterocycles. The van der Waals surface area contributed by atoms with Gasteiger partial charge in [-0.15, -0.1) is 0 Å². The van der Waals surface area contributed by atoms with Crippen LogP contribution in [-0.2, 0) is 0 Å². The summed E-state index contributed by atoms with van der Waals surface area (Å²) in [6.07, 6.45) is 6.15. The highest BCUT2D eigenvalue weighted by molar-refractivity contribution is 5.22. The number of aromatic nitrogens is 1. The molecular weight excluding hydrogens is 178 g/mol. The van der Waals surface area contributed by atoms with Crippen molar-refractivity contribution >= 4 is 6.01 Å². The molecule has 0 radical (unpaired) electrons. The Morgan fingerprint density at radius 2 is 2.14 bits per heavy atom. The number of hydrogen-bond donors (Lipinski definition) is 2. The average Bonchev–Trinajstić information content (AvgIpc) is 2.56. The second-order valence-electron chi connectivity index (χ2n) is 4.03. The fourth-order valence-corrected chi connectivity index (χ4v) is 1.86. The number of nitrogens with one attached hydrogen (secondary N) is 1. The first-order valence-electron chi connectivity index (χ1n) is 5.18. The Bertz CT molecular complexity index is 289. The average molecular weight is 195 g/mol.